The molecule has 21 heavy (non-hydrogen) atoms. The normalized spacial score (nSPS) is 11.5. The number of hydrogen-bond donors (Lipinski definition) is 2. The Hall–Kier alpha value is -2.26. The molecule has 0 fully saturated rings. The van der Waals surface area contributed by atoms with Crippen molar-refractivity contribution in [1.29, 1.82) is 0 Å². The summed E-state index contributed by atoms with van der Waals surface area (Å²) in [5.41, 5.74) is 0.816. The summed E-state index contributed by atoms with van der Waals surface area (Å²) in [5.74, 6) is 0.519. The van der Waals surface area contributed by atoms with Gasteiger partial charge in [0.15, 0.2) is 5.03 Å². The molecule has 0 saturated heterocycles. The van der Waals surface area contributed by atoms with Gasteiger partial charge in [-0.05, 0) is 18.9 Å². The van der Waals surface area contributed by atoms with Crippen LogP contribution >= 0.6 is 0 Å². The Labute approximate surface area is 121 Å². The number of aromatic amines is 1. The van der Waals surface area contributed by atoms with Crippen molar-refractivity contribution in [2.75, 3.05) is 6.54 Å². The first-order chi connectivity index (χ1) is 9.88. The van der Waals surface area contributed by atoms with Gasteiger partial charge in [0, 0.05) is 18.7 Å². The van der Waals surface area contributed by atoms with Gasteiger partial charge in [0.05, 0.1) is 11.1 Å². The number of nitrogens with zero attached hydrogens (tertiary/aromatic N) is 2. The van der Waals surface area contributed by atoms with Gasteiger partial charge in [-0.15, -0.1) is 0 Å². The number of aryl methyl sites for hydroxylation is 1. The summed E-state index contributed by atoms with van der Waals surface area (Å²) in [6.07, 6.45) is 1.69. The van der Waals surface area contributed by atoms with E-state index in [0.29, 0.717) is 12.2 Å². The first-order valence-electron chi connectivity index (χ1n) is 6.13. The molecule has 0 atom stereocenters. The maximum Gasteiger partial charge on any atom is 0.269 e. The predicted molar refractivity (Wildman–Crippen MR) is 75.3 cm³/mol. The highest BCUT2D eigenvalue weighted by Gasteiger charge is 2.15. The molecule has 0 aliphatic heterocycles. The second-order valence-electron chi connectivity index (χ2n) is 4.40. The number of nitrogens with one attached hydrogen (secondary N) is 2. The van der Waals surface area contributed by atoms with E-state index in [1.165, 1.54) is 18.3 Å². The van der Waals surface area contributed by atoms with Crippen LogP contribution in [0.1, 0.15) is 11.4 Å². The Morgan fingerprint density at radius 3 is 2.52 bits per heavy atom. The summed E-state index contributed by atoms with van der Waals surface area (Å²) in [6, 6.07) is 5.99. The third kappa shape index (κ3) is 3.86. The summed E-state index contributed by atoms with van der Waals surface area (Å²) in [6.45, 7) is 1.86. The van der Waals surface area contributed by atoms with Crippen molar-refractivity contribution in [3.63, 3.8) is 0 Å². The second kappa shape index (κ2) is 6.02. The van der Waals surface area contributed by atoms with Gasteiger partial charge in [-0.3, -0.25) is 10.1 Å². The lowest BCUT2D eigenvalue weighted by Gasteiger charge is -2.04. The fourth-order valence-corrected chi connectivity index (χ4v) is 2.73. The van der Waals surface area contributed by atoms with E-state index >= 15 is 0 Å². The van der Waals surface area contributed by atoms with Gasteiger partial charge in [0.1, 0.15) is 5.82 Å². The fraction of sp³-hybridized carbons (Fsp3) is 0.250. The van der Waals surface area contributed by atoms with Gasteiger partial charge < -0.3 is 4.98 Å². The standard InChI is InChI=1S/C12H14N4O4S/c1-9-13-8-12(15-9)21(19,20)14-7-6-10-2-4-11(5-3-10)16(17)18/h2-5,8,14H,6-7H2,1H3,(H,13,15). The molecule has 0 unspecified atom stereocenters. The highest BCUT2D eigenvalue weighted by molar-refractivity contribution is 7.89. The minimum absolute atomic E-state index is 0.00673. The Morgan fingerprint density at radius 2 is 2.00 bits per heavy atom. The SMILES string of the molecule is Cc1ncc(S(=O)(=O)NCCc2ccc([N+](=O)[O-])cc2)[nH]1. The average molecular weight is 310 g/mol. The van der Waals surface area contributed by atoms with Gasteiger partial charge in [-0.1, -0.05) is 12.1 Å². The summed E-state index contributed by atoms with van der Waals surface area (Å²) < 4.78 is 26.3. The smallest absolute Gasteiger partial charge is 0.269 e. The highest BCUT2D eigenvalue weighted by Crippen LogP contribution is 2.12. The Bertz CT molecular complexity index is 737. The van der Waals surface area contributed by atoms with Gasteiger partial charge in [-0.2, -0.15) is 0 Å². The number of non-ortho nitro benzene ring substituents is 1. The van der Waals surface area contributed by atoms with Crippen LogP contribution in [0, 0.1) is 17.0 Å². The van der Waals surface area contributed by atoms with E-state index in [9.17, 15) is 18.5 Å². The Kier molecular flexibility index (Phi) is 4.34. The molecule has 112 valence electrons. The number of nitro benzene ring substituents is 1. The van der Waals surface area contributed by atoms with Gasteiger partial charge in [0.25, 0.3) is 15.7 Å². The molecule has 0 radical (unpaired) electrons. The van der Waals surface area contributed by atoms with Gasteiger partial charge >= 0.3 is 0 Å². The first-order valence-corrected chi connectivity index (χ1v) is 7.61. The number of nitro groups is 1. The van der Waals surface area contributed by atoms with Crippen LogP contribution in [0.25, 0.3) is 0 Å². The number of aromatic nitrogens is 2. The number of H-pyrrole nitrogens is 1. The highest BCUT2D eigenvalue weighted by atomic mass is 32.2. The number of sulfonamides is 1. The third-order valence-corrected chi connectivity index (χ3v) is 4.19. The zero-order chi connectivity index (χ0) is 15.5. The van der Waals surface area contributed by atoms with E-state index in [0.717, 1.165) is 5.56 Å². The molecule has 0 bridgehead atoms. The molecular formula is C12H14N4O4S. The van der Waals surface area contributed by atoms with E-state index in [1.807, 2.05) is 0 Å². The molecule has 2 aromatic rings. The largest absolute Gasteiger partial charge is 0.332 e. The van der Waals surface area contributed by atoms with Crippen LogP contribution in [-0.2, 0) is 16.4 Å². The molecule has 1 heterocycles. The van der Waals surface area contributed by atoms with E-state index in [-0.39, 0.29) is 17.3 Å². The summed E-state index contributed by atoms with van der Waals surface area (Å²) >= 11 is 0. The number of imidazole rings is 1. The second-order valence-corrected chi connectivity index (χ2v) is 6.14. The monoisotopic (exact) mass is 310 g/mol. The van der Waals surface area contributed by atoms with E-state index < -0.39 is 14.9 Å². The van der Waals surface area contributed by atoms with Crippen molar-refractivity contribution in [2.24, 2.45) is 0 Å². The van der Waals surface area contributed by atoms with Crippen LogP contribution in [0.4, 0.5) is 5.69 Å². The lowest BCUT2D eigenvalue weighted by atomic mass is 10.1. The maximum absolute atomic E-state index is 11.9. The van der Waals surface area contributed by atoms with Crippen LogP contribution in [0.3, 0.4) is 0 Å². The summed E-state index contributed by atoms with van der Waals surface area (Å²) in [4.78, 5) is 16.5. The third-order valence-electron chi connectivity index (χ3n) is 2.82. The maximum atomic E-state index is 11.9. The quantitative estimate of drug-likeness (QED) is 0.613. The Balaban J connectivity index is 1.93. The molecule has 8 nitrogen and oxygen atoms in total. The molecular weight excluding hydrogens is 296 g/mol. The van der Waals surface area contributed by atoms with Gasteiger partial charge in [-0.25, -0.2) is 18.1 Å². The van der Waals surface area contributed by atoms with Crippen LogP contribution in [-0.4, -0.2) is 29.9 Å². The minimum atomic E-state index is -3.61. The van der Waals surface area contributed by atoms with Crippen LogP contribution in [0.15, 0.2) is 35.5 Å². The van der Waals surface area contributed by atoms with E-state index in [4.69, 9.17) is 0 Å². The fourth-order valence-electron chi connectivity index (χ4n) is 1.73. The van der Waals surface area contributed by atoms with E-state index in [1.54, 1.807) is 19.1 Å². The number of hydrogen-bond acceptors (Lipinski definition) is 5. The average Bonchev–Trinajstić information content (AvgIpc) is 2.87. The molecule has 1 aromatic heterocycles. The molecule has 9 heteroatoms. The van der Waals surface area contributed by atoms with Crippen molar-refractivity contribution in [2.45, 2.75) is 18.4 Å². The topological polar surface area (TPSA) is 118 Å². The summed E-state index contributed by atoms with van der Waals surface area (Å²) in [5, 5.41) is 10.5. The molecule has 2 rings (SSSR count). The van der Waals surface area contributed by atoms with Crippen molar-refractivity contribution in [3.05, 3.63) is 52.0 Å². The number of benzene rings is 1. The van der Waals surface area contributed by atoms with Crippen molar-refractivity contribution in [3.8, 4) is 0 Å². The predicted octanol–water partition coefficient (Wildman–Crippen LogP) is 1.15. The molecule has 2 N–H and O–H groups in total. The van der Waals surface area contributed by atoms with Crippen LogP contribution < -0.4 is 4.72 Å². The summed E-state index contributed by atoms with van der Waals surface area (Å²) in [7, 11) is -3.61. The minimum Gasteiger partial charge on any atom is -0.332 e. The molecule has 0 aliphatic carbocycles. The van der Waals surface area contributed by atoms with Crippen LogP contribution in [0.5, 0.6) is 0 Å². The zero-order valence-electron chi connectivity index (χ0n) is 11.2. The lowest BCUT2D eigenvalue weighted by Crippen LogP contribution is -2.26. The van der Waals surface area contributed by atoms with Crippen molar-refractivity contribution < 1.29 is 13.3 Å². The lowest BCUT2D eigenvalue weighted by molar-refractivity contribution is -0.384. The molecule has 0 aliphatic rings. The molecule has 1 aromatic carbocycles. The molecule has 0 saturated carbocycles. The van der Waals surface area contributed by atoms with Crippen molar-refractivity contribution >= 4 is 15.7 Å². The van der Waals surface area contributed by atoms with E-state index in [2.05, 4.69) is 14.7 Å². The molecule has 0 amide bonds. The zero-order valence-corrected chi connectivity index (χ0v) is 12.1. The first kappa shape index (κ1) is 15.1. The van der Waals surface area contributed by atoms with Gasteiger partial charge in [0.2, 0.25) is 0 Å². The molecule has 0 spiro atoms. The van der Waals surface area contributed by atoms with Crippen LogP contribution in [0.2, 0.25) is 0 Å². The van der Waals surface area contributed by atoms with Crippen molar-refractivity contribution in [1.82, 2.24) is 14.7 Å². The number of rotatable bonds is 6. The Morgan fingerprint density at radius 1 is 1.33 bits per heavy atom.